The molecule has 0 amide bonds. The Kier molecular flexibility index (Phi) is 6.80. The van der Waals surface area contributed by atoms with Gasteiger partial charge in [-0.2, -0.15) is 0 Å². The summed E-state index contributed by atoms with van der Waals surface area (Å²) in [4.78, 5) is 4.58. The van der Waals surface area contributed by atoms with Gasteiger partial charge in [0, 0.05) is 27.4 Å². The first-order valence-corrected chi connectivity index (χ1v) is 11.8. The number of nitrogens with zero attached hydrogens (tertiary/aromatic N) is 2. The van der Waals surface area contributed by atoms with Crippen molar-refractivity contribution in [2.45, 2.75) is 30.2 Å². The van der Waals surface area contributed by atoms with Crippen LogP contribution in [0.25, 0.3) is 5.69 Å². The van der Waals surface area contributed by atoms with Gasteiger partial charge >= 0.3 is 0 Å². The minimum atomic E-state index is -0.632. The molecule has 0 saturated heterocycles. The van der Waals surface area contributed by atoms with Crippen molar-refractivity contribution in [2.24, 2.45) is 0 Å². The monoisotopic (exact) mass is 506 g/mol. The van der Waals surface area contributed by atoms with Crippen LogP contribution in [-0.2, 0) is 11.2 Å². The lowest BCUT2D eigenvalue weighted by atomic mass is 9.81. The summed E-state index contributed by atoms with van der Waals surface area (Å²) in [5, 5.41) is 0.943. The van der Waals surface area contributed by atoms with Gasteiger partial charge in [0.1, 0.15) is 17.5 Å². The minimum Gasteiger partial charge on any atom is -0.291 e. The Morgan fingerprint density at radius 3 is 2.30 bits per heavy atom. The van der Waals surface area contributed by atoms with Gasteiger partial charge in [-0.1, -0.05) is 60.9 Å². The van der Waals surface area contributed by atoms with E-state index in [-0.39, 0.29) is 16.6 Å². The Morgan fingerprint density at radius 1 is 0.909 bits per heavy atom. The van der Waals surface area contributed by atoms with Crippen LogP contribution in [-0.4, -0.2) is 9.55 Å². The van der Waals surface area contributed by atoms with Crippen molar-refractivity contribution in [3.05, 3.63) is 111 Å². The first-order valence-electron chi connectivity index (χ1n) is 10.0. The van der Waals surface area contributed by atoms with Crippen molar-refractivity contribution < 1.29 is 13.2 Å². The average molecular weight is 507 g/mol. The smallest absolute Gasteiger partial charge is 0.173 e. The van der Waals surface area contributed by atoms with Crippen molar-refractivity contribution in [3.8, 4) is 5.69 Å². The SMILES string of the molecule is CC(C)(c1ccc(F)c(Cl)c1)c1cnc(SCc2c(F)cccc2Cl)n1-c1ccc(F)cc1. The Balaban J connectivity index is 1.80. The molecule has 0 aliphatic heterocycles. The second kappa shape index (κ2) is 9.45. The minimum absolute atomic E-state index is 0.0252. The van der Waals surface area contributed by atoms with E-state index in [9.17, 15) is 13.2 Å². The summed E-state index contributed by atoms with van der Waals surface area (Å²) in [6.07, 6.45) is 1.71. The zero-order valence-electron chi connectivity index (χ0n) is 17.8. The molecule has 0 bridgehead atoms. The summed E-state index contributed by atoms with van der Waals surface area (Å²) in [5.74, 6) is -0.999. The molecule has 170 valence electrons. The van der Waals surface area contributed by atoms with Crippen molar-refractivity contribution in [3.63, 3.8) is 0 Å². The third kappa shape index (κ3) is 4.79. The van der Waals surface area contributed by atoms with Crippen LogP contribution in [0.3, 0.4) is 0 Å². The number of aromatic nitrogens is 2. The number of benzene rings is 3. The molecular weight excluding hydrogens is 488 g/mol. The highest BCUT2D eigenvalue weighted by molar-refractivity contribution is 7.98. The molecule has 1 heterocycles. The second-order valence-electron chi connectivity index (χ2n) is 7.98. The summed E-state index contributed by atoms with van der Waals surface area (Å²) < 4.78 is 43.6. The van der Waals surface area contributed by atoms with E-state index in [0.29, 0.717) is 21.4 Å². The van der Waals surface area contributed by atoms with Crippen LogP contribution in [0.1, 0.15) is 30.7 Å². The van der Waals surface area contributed by atoms with Crippen LogP contribution < -0.4 is 0 Å². The quantitative estimate of drug-likeness (QED) is 0.245. The maximum Gasteiger partial charge on any atom is 0.173 e. The molecule has 0 N–H and O–H groups in total. The van der Waals surface area contributed by atoms with Crippen molar-refractivity contribution in [1.82, 2.24) is 9.55 Å². The number of rotatable bonds is 6. The highest BCUT2D eigenvalue weighted by Gasteiger charge is 2.30. The third-order valence-corrected chi connectivity index (χ3v) is 7.13. The Morgan fingerprint density at radius 2 is 1.64 bits per heavy atom. The summed E-state index contributed by atoms with van der Waals surface area (Å²) in [6.45, 7) is 3.94. The predicted molar refractivity (Wildman–Crippen MR) is 128 cm³/mol. The lowest BCUT2D eigenvalue weighted by Crippen LogP contribution is -2.23. The van der Waals surface area contributed by atoms with Gasteiger partial charge in [0.25, 0.3) is 0 Å². The first-order chi connectivity index (χ1) is 15.7. The summed E-state index contributed by atoms with van der Waals surface area (Å²) in [5.41, 5.74) is 1.99. The molecule has 33 heavy (non-hydrogen) atoms. The van der Waals surface area contributed by atoms with Gasteiger partial charge in [0.15, 0.2) is 5.16 Å². The molecule has 0 unspecified atom stereocenters. The van der Waals surface area contributed by atoms with Gasteiger partial charge in [-0.25, -0.2) is 18.2 Å². The van der Waals surface area contributed by atoms with Gasteiger partial charge in [0.05, 0.1) is 16.9 Å². The third-order valence-electron chi connectivity index (χ3n) is 5.50. The van der Waals surface area contributed by atoms with E-state index in [2.05, 4.69) is 4.98 Å². The molecule has 4 rings (SSSR count). The van der Waals surface area contributed by atoms with Crippen molar-refractivity contribution in [1.29, 1.82) is 0 Å². The van der Waals surface area contributed by atoms with E-state index in [1.54, 1.807) is 42.6 Å². The Labute approximate surface area is 204 Å². The normalized spacial score (nSPS) is 11.7. The standard InChI is InChI=1S/C25H19Cl2F3N2S/c1-25(2,15-6-11-22(30)20(27)12-15)23-13-31-24(32(23)17-9-7-16(28)8-10-17)33-14-18-19(26)4-3-5-21(18)29/h3-13H,14H2,1-2H3. The van der Waals surface area contributed by atoms with Crippen LogP contribution in [0.4, 0.5) is 13.2 Å². The molecule has 2 nitrogen and oxygen atoms in total. The largest absolute Gasteiger partial charge is 0.291 e. The predicted octanol–water partition coefficient (Wildman–Crippen LogP) is 8.21. The molecule has 0 saturated carbocycles. The van der Waals surface area contributed by atoms with E-state index in [1.165, 1.54) is 36.0 Å². The van der Waals surface area contributed by atoms with E-state index >= 15 is 0 Å². The fraction of sp³-hybridized carbons (Fsp3) is 0.160. The van der Waals surface area contributed by atoms with E-state index in [0.717, 1.165) is 11.3 Å². The molecule has 0 radical (unpaired) electrons. The Bertz CT molecular complexity index is 1280. The second-order valence-corrected chi connectivity index (χ2v) is 9.74. The van der Waals surface area contributed by atoms with Gasteiger partial charge in [0.2, 0.25) is 0 Å². The molecule has 3 aromatic carbocycles. The van der Waals surface area contributed by atoms with Crippen molar-refractivity contribution >= 4 is 35.0 Å². The number of hydrogen-bond donors (Lipinski definition) is 0. The molecular formula is C25H19Cl2F3N2S. The van der Waals surface area contributed by atoms with Crippen LogP contribution in [0, 0.1) is 17.5 Å². The fourth-order valence-electron chi connectivity index (χ4n) is 3.56. The summed E-state index contributed by atoms with van der Waals surface area (Å²) >= 11 is 13.5. The Hall–Kier alpha value is -2.41. The first kappa shape index (κ1) is 23.7. The molecule has 8 heteroatoms. The number of imidazole rings is 1. The number of halogens is 5. The van der Waals surface area contributed by atoms with Crippen LogP contribution >= 0.6 is 35.0 Å². The highest BCUT2D eigenvalue weighted by atomic mass is 35.5. The van der Waals surface area contributed by atoms with Crippen molar-refractivity contribution in [2.75, 3.05) is 0 Å². The summed E-state index contributed by atoms with van der Waals surface area (Å²) in [7, 11) is 0. The average Bonchev–Trinajstić information content (AvgIpc) is 3.20. The van der Waals surface area contributed by atoms with Crippen LogP contribution in [0.2, 0.25) is 10.0 Å². The van der Waals surface area contributed by atoms with E-state index < -0.39 is 17.0 Å². The lowest BCUT2D eigenvalue weighted by Gasteiger charge is -2.27. The van der Waals surface area contributed by atoms with Gasteiger partial charge < -0.3 is 0 Å². The highest BCUT2D eigenvalue weighted by Crippen LogP contribution is 2.38. The molecule has 0 fully saturated rings. The maximum absolute atomic E-state index is 14.3. The molecule has 0 atom stereocenters. The van der Waals surface area contributed by atoms with Gasteiger partial charge in [-0.15, -0.1) is 0 Å². The topological polar surface area (TPSA) is 17.8 Å². The number of thioether (sulfide) groups is 1. The van der Waals surface area contributed by atoms with Gasteiger partial charge in [-0.05, 0) is 54.1 Å². The molecule has 0 aliphatic rings. The molecule has 0 spiro atoms. The molecule has 1 aromatic heterocycles. The number of hydrogen-bond acceptors (Lipinski definition) is 2. The molecule has 0 aliphatic carbocycles. The van der Waals surface area contributed by atoms with E-state index in [4.69, 9.17) is 23.2 Å². The van der Waals surface area contributed by atoms with Crippen LogP contribution in [0.5, 0.6) is 0 Å². The van der Waals surface area contributed by atoms with Crippen LogP contribution in [0.15, 0.2) is 72.0 Å². The maximum atomic E-state index is 14.3. The van der Waals surface area contributed by atoms with E-state index in [1.807, 2.05) is 18.4 Å². The summed E-state index contributed by atoms with van der Waals surface area (Å²) in [6, 6.07) is 15.2. The lowest BCUT2D eigenvalue weighted by molar-refractivity contribution is 0.585. The zero-order valence-corrected chi connectivity index (χ0v) is 20.1. The zero-order chi connectivity index (χ0) is 23.8. The molecule has 4 aromatic rings. The fourth-order valence-corrected chi connectivity index (χ4v) is 5.07. The van der Waals surface area contributed by atoms with Gasteiger partial charge in [-0.3, -0.25) is 4.57 Å².